The summed E-state index contributed by atoms with van der Waals surface area (Å²) in [5.74, 6) is -1.32. The Balaban J connectivity index is 1.23. The standard InChI is InChI=1S/C36H33NO7/c1-22-32(43-34(38)24-13-5-3-6-14-24)31(33(23(2)42-22)44-35(39)25-15-7-4-8-16-25)37-36(40)41-21-30-28-19-11-9-17-26(28)27-18-10-12-20-29(27)30/h3-20,22-23,30-33H,21H2,1-2H3,(H,37,40)/t22-,23+,31?,32-,33+. The number of carbonyl (C=O) groups excluding carboxylic acids is 3. The number of esters is 2. The van der Waals surface area contributed by atoms with Gasteiger partial charge in [-0.1, -0.05) is 84.9 Å². The average Bonchev–Trinajstić information content (AvgIpc) is 3.37. The summed E-state index contributed by atoms with van der Waals surface area (Å²) in [4.78, 5) is 39.7. The molecular formula is C36H33NO7. The van der Waals surface area contributed by atoms with Gasteiger partial charge in [0.05, 0.1) is 23.3 Å². The van der Waals surface area contributed by atoms with E-state index in [-0.39, 0.29) is 12.5 Å². The van der Waals surface area contributed by atoms with Crippen molar-refractivity contribution in [2.75, 3.05) is 6.61 Å². The predicted octanol–water partition coefficient (Wildman–Crippen LogP) is 6.15. The monoisotopic (exact) mass is 591 g/mol. The second-order valence-corrected chi connectivity index (χ2v) is 11.0. The molecule has 1 heterocycles. The first-order valence-electron chi connectivity index (χ1n) is 14.7. The molecule has 2 aliphatic rings. The molecule has 0 saturated carbocycles. The topological polar surface area (TPSA) is 100 Å². The largest absolute Gasteiger partial charge is 0.454 e. The highest BCUT2D eigenvalue weighted by molar-refractivity contribution is 5.90. The van der Waals surface area contributed by atoms with Crippen LogP contribution in [-0.2, 0) is 18.9 Å². The van der Waals surface area contributed by atoms with Crippen LogP contribution in [0, 0.1) is 0 Å². The second-order valence-electron chi connectivity index (χ2n) is 11.0. The normalized spacial score (nSPS) is 22.3. The minimum atomic E-state index is -0.979. The Morgan fingerprint density at radius 3 is 1.55 bits per heavy atom. The van der Waals surface area contributed by atoms with Crippen molar-refractivity contribution in [2.24, 2.45) is 0 Å². The van der Waals surface area contributed by atoms with Crippen LogP contribution < -0.4 is 5.32 Å². The first kappa shape index (κ1) is 29.1. The Bertz CT molecular complexity index is 1530. The molecule has 5 atom stereocenters. The first-order valence-corrected chi connectivity index (χ1v) is 14.7. The van der Waals surface area contributed by atoms with Crippen LogP contribution >= 0.6 is 0 Å². The Morgan fingerprint density at radius 1 is 0.636 bits per heavy atom. The SMILES string of the molecule is C[C@@H]1O[C@H](C)[C@@H](OC(=O)c2ccccc2)C(NC(=O)OCC2c3ccccc3-c3ccccc32)[C@H]1OC(=O)c1ccccc1. The van der Waals surface area contributed by atoms with Crippen LogP contribution in [0.4, 0.5) is 4.79 Å². The molecule has 1 amide bonds. The summed E-state index contributed by atoms with van der Waals surface area (Å²) in [6.45, 7) is 3.60. The van der Waals surface area contributed by atoms with Crippen molar-refractivity contribution in [1.82, 2.24) is 5.32 Å². The van der Waals surface area contributed by atoms with Crippen LogP contribution in [0.2, 0.25) is 0 Å². The third kappa shape index (κ3) is 5.94. The van der Waals surface area contributed by atoms with E-state index in [2.05, 4.69) is 17.4 Å². The van der Waals surface area contributed by atoms with Gasteiger partial charge in [0.1, 0.15) is 12.6 Å². The van der Waals surface area contributed by atoms with Crippen molar-refractivity contribution in [3.8, 4) is 11.1 Å². The summed E-state index contributed by atoms with van der Waals surface area (Å²) in [6, 6.07) is 32.3. The Hall–Kier alpha value is -4.95. The van der Waals surface area contributed by atoms with Gasteiger partial charge in [0.25, 0.3) is 0 Å². The minimum Gasteiger partial charge on any atom is -0.454 e. The van der Waals surface area contributed by atoms with Gasteiger partial charge in [-0.3, -0.25) is 0 Å². The molecule has 1 aliphatic heterocycles. The minimum absolute atomic E-state index is 0.0944. The van der Waals surface area contributed by atoms with Gasteiger partial charge in [-0.2, -0.15) is 0 Å². The lowest BCUT2D eigenvalue weighted by molar-refractivity contribution is -0.173. The number of alkyl carbamates (subject to hydrolysis) is 1. The summed E-state index contributed by atoms with van der Waals surface area (Å²) < 4.78 is 23.7. The fraction of sp³-hybridized carbons (Fsp3) is 0.250. The van der Waals surface area contributed by atoms with Crippen LogP contribution in [0.15, 0.2) is 109 Å². The van der Waals surface area contributed by atoms with E-state index in [1.165, 1.54) is 0 Å². The number of rotatable bonds is 7. The highest BCUT2D eigenvalue weighted by Crippen LogP contribution is 2.44. The zero-order chi connectivity index (χ0) is 30.6. The molecule has 0 radical (unpaired) electrons. The van der Waals surface area contributed by atoms with E-state index in [0.717, 1.165) is 22.3 Å². The van der Waals surface area contributed by atoms with E-state index in [1.54, 1.807) is 74.5 Å². The van der Waals surface area contributed by atoms with E-state index < -0.39 is 48.5 Å². The fourth-order valence-corrected chi connectivity index (χ4v) is 6.07. The third-order valence-corrected chi connectivity index (χ3v) is 8.20. The van der Waals surface area contributed by atoms with Crippen molar-refractivity contribution >= 4 is 18.0 Å². The molecule has 1 saturated heterocycles. The maximum atomic E-state index is 13.5. The van der Waals surface area contributed by atoms with Crippen LogP contribution in [-0.4, -0.2) is 55.1 Å². The van der Waals surface area contributed by atoms with Crippen molar-refractivity contribution in [2.45, 2.75) is 50.2 Å². The van der Waals surface area contributed by atoms with Gasteiger partial charge in [0, 0.05) is 5.92 Å². The first-order chi connectivity index (χ1) is 21.4. The zero-order valence-electron chi connectivity index (χ0n) is 24.4. The van der Waals surface area contributed by atoms with Crippen molar-refractivity contribution in [3.05, 3.63) is 131 Å². The van der Waals surface area contributed by atoms with Gasteiger partial charge in [-0.15, -0.1) is 0 Å². The average molecular weight is 592 g/mol. The number of benzene rings is 4. The lowest BCUT2D eigenvalue weighted by Crippen LogP contribution is -2.64. The van der Waals surface area contributed by atoms with Crippen LogP contribution in [0.3, 0.4) is 0 Å². The number of ether oxygens (including phenoxy) is 4. The second kappa shape index (κ2) is 12.7. The number of carbonyl (C=O) groups is 3. The van der Waals surface area contributed by atoms with Crippen molar-refractivity contribution in [3.63, 3.8) is 0 Å². The number of hydrogen-bond donors (Lipinski definition) is 1. The molecule has 1 N–H and O–H groups in total. The lowest BCUT2D eigenvalue weighted by atomic mass is 9.93. The number of nitrogens with one attached hydrogen (secondary N) is 1. The van der Waals surface area contributed by atoms with Gasteiger partial charge < -0.3 is 24.3 Å². The predicted molar refractivity (Wildman–Crippen MR) is 163 cm³/mol. The van der Waals surface area contributed by atoms with E-state index in [9.17, 15) is 14.4 Å². The van der Waals surface area contributed by atoms with E-state index in [1.807, 2.05) is 36.4 Å². The highest BCUT2D eigenvalue weighted by atomic mass is 16.6. The summed E-state index contributed by atoms with van der Waals surface area (Å²) >= 11 is 0. The van der Waals surface area contributed by atoms with Crippen molar-refractivity contribution < 1.29 is 33.3 Å². The smallest absolute Gasteiger partial charge is 0.407 e. The van der Waals surface area contributed by atoms with Gasteiger partial charge in [-0.25, -0.2) is 14.4 Å². The molecule has 6 rings (SSSR count). The molecule has 1 aliphatic carbocycles. The van der Waals surface area contributed by atoms with Gasteiger partial charge in [-0.05, 0) is 60.4 Å². The number of fused-ring (bicyclic) bond motifs is 3. The van der Waals surface area contributed by atoms with Crippen LogP contribution in [0.1, 0.15) is 51.6 Å². The molecule has 0 bridgehead atoms. The molecule has 8 heteroatoms. The van der Waals surface area contributed by atoms with Crippen LogP contribution in [0.5, 0.6) is 0 Å². The molecule has 4 aromatic carbocycles. The highest BCUT2D eigenvalue weighted by Gasteiger charge is 2.48. The molecule has 0 spiro atoms. The number of amides is 1. The molecule has 0 aromatic heterocycles. The summed E-state index contributed by atoms with van der Waals surface area (Å²) in [5, 5.41) is 2.87. The van der Waals surface area contributed by atoms with E-state index in [4.69, 9.17) is 18.9 Å². The van der Waals surface area contributed by atoms with Crippen molar-refractivity contribution in [1.29, 1.82) is 0 Å². The molecule has 1 unspecified atom stereocenters. The summed E-state index contributed by atoms with van der Waals surface area (Å²) in [7, 11) is 0. The zero-order valence-corrected chi connectivity index (χ0v) is 24.4. The molecule has 44 heavy (non-hydrogen) atoms. The Kier molecular flexibility index (Phi) is 8.43. The van der Waals surface area contributed by atoms with Gasteiger partial charge in [0.2, 0.25) is 0 Å². The molecule has 1 fully saturated rings. The van der Waals surface area contributed by atoms with Gasteiger partial charge in [0.15, 0.2) is 12.2 Å². The fourth-order valence-electron chi connectivity index (χ4n) is 6.07. The summed E-state index contributed by atoms with van der Waals surface area (Å²) in [6.07, 6.45) is -3.92. The Morgan fingerprint density at radius 2 is 1.07 bits per heavy atom. The Labute approximate surface area is 255 Å². The van der Waals surface area contributed by atoms with Gasteiger partial charge >= 0.3 is 18.0 Å². The van der Waals surface area contributed by atoms with E-state index in [0.29, 0.717) is 11.1 Å². The maximum Gasteiger partial charge on any atom is 0.407 e. The lowest BCUT2D eigenvalue weighted by Gasteiger charge is -2.43. The molecular weight excluding hydrogens is 558 g/mol. The van der Waals surface area contributed by atoms with E-state index >= 15 is 0 Å². The molecule has 8 nitrogen and oxygen atoms in total. The quantitative estimate of drug-likeness (QED) is 0.203. The molecule has 224 valence electrons. The maximum absolute atomic E-state index is 13.5. The summed E-state index contributed by atoms with van der Waals surface area (Å²) in [5.41, 5.74) is 5.08. The molecule has 4 aromatic rings. The van der Waals surface area contributed by atoms with Crippen LogP contribution in [0.25, 0.3) is 11.1 Å². The third-order valence-electron chi connectivity index (χ3n) is 8.20. The number of hydrogen-bond acceptors (Lipinski definition) is 7.